The van der Waals surface area contributed by atoms with Gasteiger partial charge in [0.2, 0.25) is 0 Å². The maximum atomic E-state index is 12.0. The minimum atomic E-state index is -0.316. The van der Waals surface area contributed by atoms with Crippen LogP contribution in [0.15, 0.2) is 4.99 Å². The third-order valence-electron chi connectivity index (χ3n) is 3.30. The molecule has 1 atom stereocenters. The summed E-state index contributed by atoms with van der Waals surface area (Å²) in [7, 11) is 0. The van der Waals surface area contributed by atoms with Gasteiger partial charge in [-0.05, 0) is 33.6 Å². The molecule has 1 aromatic rings. The number of aromatic nitrogens is 1. The van der Waals surface area contributed by atoms with E-state index in [0.717, 1.165) is 18.2 Å². The first-order valence-corrected chi connectivity index (χ1v) is 9.97. The number of aryl methyl sites for hydroxylation is 1. The number of esters is 1. The Hall–Kier alpha value is -1.67. The van der Waals surface area contributed by atoms with Gasteiger partial charge in [0.05, 0.1) is 31.5 Å². The third-order valence-corrected chi connectivity index (χ3v) is 4.62. The summed E-state index contributed by atoms with van der Waals surface area (Å²) in [6.45, 7) is 14.9. The van der Waals surface area contributed by atoms with E-state index in [1.807, 2.05) is 20.8 Å². The summed E-state index contributed by atoms with van der Waals surface area (Å²) in [5.74, 6) is 0.912. The fourth-order valence-corrected chi connectivity index (χ4v) is 3.08. The summed E-state index contributed by atoms with van der Waals surface area (Å²) >= 11 is 1.36. The topological polar surface area (TPSA) is 84.8 Å². The zero-order valence-electron chi connectivity index (χ0n) is 16.7. The standard InChI is InChI=1S/C18H32N4O3S/c1-7-19-18(20-9-10-24-11-12(3)4)22-14(6)16-21-13(5)15(26-16)17(23)25-8-2/h12,14H,7-11H2,1-6H3,(H2,19,20,22). The van der Waals surface area contributed by atoms with Gasteiger partial charge in [0.1, 0.15) is 9.88 Å². The summed E-state index contributed by atoms with van der Waals surface area (Å²) in [5.41, 5.74) is 0.695. The van der Waals surface area contributed by atoms with Gasteiger partial charge in [0.15, 0.2) is 5.96 Å². The molecule has 0 aliphatic carbocycles. The van der Waals surface area contributed by atoms with Crippen molar-refractivity contribution < 1.29 is 14.3 Å². The SMILES string of the molecule is CCNC(=NCCOCC(C)C)NC(C)c1nc(C)c(C(=O)OCC)s1. The van der Waals surface area contributed by atoms with E-state index in [9.17, 15) is 4.79 Å². The number of ether oxygens (including phenoxy) is 2. The van der Waals surface area contributed by atoms with Crippen molar-refractivity contribution in [3.05, 3.63) is 15.6 Å². The lowest BCUT2D eigenvalue weighted by Gasteiger charge is -2.16. The minimum absolute atomic E-state index is 0.0729. The second kappa shape index (κ2) is 11.9. The highest BCUT2D eigenvalue weighted by Gasteiger charge is 2.20. The quantitative estimate of drug-likeness (QED) is 0.279. The average Bonchev–Trinajstić information content (AvgIpc) is 2.96. The molecule has 0 saturated carbocycles. The van der Waals surface area contributed by atoms with E-state index in [1.54, 1.807) is 6.92 Å². The maximum Gasteiger partial charge on any atom is 0.350 e. The highest BCUT2D eigenvalue weighted by atomic mass is 32.1. The summed E-state index contributed by atoms with van der Waals surface area (Å²) in [6, 6.07) is -0.0729. The van der Waals surface area contributed by atoms with Gasteiger partial charge in [0.25, 0.3) is 0 Å². The molecule has 1 aromatic heterocycles. The number of carbonyl (C=O) groups is 1. The minimum Gasteiger partial charge on any atom is -0.462 e. The van der Waals surface area contributed by atoms with E-state index < -0.39 is 0 Å². The molecule has 0 radical (unpaired) electrons. The molecule has 0 aliphatic heterocycles. The first-order chi connectivity index (χ1) is 12.4. The van der Waals surface area contributed by atoms with Gasteiger partial charge in [-0.1, -0.05) is 13.8 Å². The van der Waals surface area contributed by atoms with Crippen molar-refractivity contribution in [2.45, 2.75) is 47.6 Å². The van der Waals surface area contributed by atoms with Crippen molar-refractivity contribution in [1.29, 1.82) is 0 Å². The molecule has 2 N–H and O–H groups in total. The molecule has 1 unspecified atom stereocenters. The Kier molecular flexibility index (Phi) is 10.2. The molecule has 26 heavy (non-hydrogen) atoms. The van der Waals surface area contributed by atoms with Gasteiger partial charge in [-0.15, -0.1) is 11.3 Å². The lowest BCUT2D eigenvalue weighted by Crippen LogP contribution is -2.39. The third kappa shape index (κ3) is 7.70. The van der Waals surface area contributed by atoms with E-state index in [-0.39, 0.29) is 12.0 Å². The average molecular weight is 385 g/mol. The maximum absolute atomic E-state index is 12.0. The Morgan fingerprint density at radius 3 is 2.65 bits per heavy atom. The second-order valence-electron chi connectivity index (χ2n) is 6.28. The number of hydrogen-bond acceptors (Lipinski definition) is 6. The number of nitrogens with zero attached hydrogens (tertiary/aromatic N) is 2. The molecule has 0 bridgehead atoms. The Morgan fingerprint density at radius 2 is 2.04 bits per heavy atom. The molecule has 7 nitrogen and oxygen atoms in total. The summed E-state index contributed by atoms with van der Waals surface area (Å²) < 4.78 is 10.6. The van der Waals surface area contributed by atoms with Crippen molar-refractivity contribution in [2.24, 2.45) is 10.9 Å². The number of rotatable bonds is 10. The zero-order chi connectivity index (χ0) is 19.5. The summed E-state index contributed by atoms with van der Waals surface area (Å²) in [6.07, 6.45) is 0. The number of guanidine groups is 1. The monoisotopic (exact) mass is 384 g/mol. The first-order valence-electron chi connectivity index (χ1n) is 9.15. The van der Waals surface area contributed by atoms with Crippen LogP contribution >= 0.6 is 11.3 Å². The molecule has 0 aromatic carbocycles. The van der Waals surface area contributed by atoms with E-state index in [4.69, 9.17) is 9.47 Å². The lowest BCUT2D eigenvalue weighted by atomic mass is 10.2. The fourth-order valence-electron chi connectivity index (χ4n) is 2.12. The van der Waals surface area contributed by atoms with Crippen molar-refractivity contribution >= 4 is 23.3 Å². The van der Waals surface area contributed by atoms with Gasteiger partial charge in [-0.2, -0.15) is 0 Å². The van der Waals surface area contributed by atoms with Crippen LogP contribution in [0, 0.1) is 12.8 Å². The summed E-state index contributed by atoms with van der Waals surface area (Å²) in [4.78, 5) is 21.5. The van der Waals surface area contributed by atoms with Gasteiger partial charge in [0, 0.05) is 13.2 Å². The van der Waals surface area contributed by atoms with E-state index in [2.05, 4.69) is 34.5 Å². The van der Waals surface area contributed by atoms with Crippen LogP contribution < -0.4 is 10.6 Å². The Labute approximate surface area is 160 Å². The number of hydrogen-bond donors (Lipinski definition) is 2. The molecule has 1 rings (SSSR count). The Morgan fingerprint density at radius 1 is 1.31 bits per heavy atom. The van der Waals surface area contributed by atoms with Crippen LogP contribution in [0.25, 0.3) is 0 Å². The molecule has 0 spiro atoms. The van der Waals surface area contributed by atoms with Crippen molar-refractivity contribution in [3.63, 3.8) is 0 Å². The van der Waals surface area contributed by atoms with Crippen LogP contribution in [-0.4, -0.2) is 49.8 Å². The van der Waals surface area contributed by atoms with Crippen LogP contribution in [0.3, 0.4) is 0 Å². The molecule has 1 heterocycles. The summed E-state index contributed by atoms with van der Waals surface area (Å²) in [5, 5.41) is 7.37. The number of thiazole rings is 1. The highest BCUT2D eigenvalue weighted by Crippen LogP contribution is 2.24. The molecule has 8 heteroatoms. The highest BCUT2D eigenvalue weighted by molar-refractivity contribution is 7.13. The van der Waals surface area contributed by atoms with Crippen molar-refractivity contribution in [2.75, 3.05) is 32.9 Å². The van der Waals surface area contributed by atoms with Gasteiger partial charge < -0.3 is 20.1 Å². The van der Waals surface area contributed by atoms with E-state index >= 15 is 0 Å². The molecule has 0 saturated heterocycles. The fraction of sp³-hybridized carbons (Fsp3) is 0.722. The van der Waals surface area contributed by atoms with Gasteiger partial charge in [-0.25, -0.2) is 9.78 Å². The van der Waals surface area contributed by atoms with Crippen LogP contribution in [0.4, 0.5) is 0 Å². The van der Waals surface area contributed by atoms with Crippen LogP contribution in [-0.2, 0) is 9.47 Å². The molecule has 148 valence electrons. The predicted octanol–water partition coefficient (Wildman–Crippen LogP) is 2.92. The van der Waals surface area contributed by atoms with Crippen molar-refractivity contribution in [1.82, 2.24) is 15.6 Å². The first kappa shape index (κ1) is 22.4. The van der Waals surface area contributed by atoms with Crippen LogP contribution in [0.5, 0.6) is 0 Å². The Bertz CT molecular complexity index is 587. The largest absolute Gasteiger partial charge is 0.462 e. The zero-order valence-corrected chi connectivity index (χ0v) is 17.5. The molecule has 0 aliphatic rings. The number of aliphatic imine (C=N–C) groups is 1. The van der Waals surface area contributed by atoms with Crippen LogP contribution in [0.1, 0.15) is 61.0 Å². The van der Waals surface area contributed by atoms with E-state index in [1.165, 1.54) is 11.3 Å². The van der Waals surface area contributed by atoms with Crippen LogP contribution in [0.2, 0.25) is 0 Å². The van der Waals surface area contributed by atoms with E-state index in [0.29, 0.717) is 42.2 Å². The van der Waals surface area contributed by atoms with Crippen molar-refractivity contribution in [3.8, 4) is 0 Å². The molecule has 0 amide bonds. The van der Waals surface area contributed by atoms with Gasteiger partial charge >= 0.3 is 5.97 Å². The normalized spacial score (nSPS) is 13.0. The molecule has 0 fully saturated rings. The smallest absolute Gasteiger partial charge is 0.350 e. The predicted molar refractivity (Wildman–Crippen MR) is 106 cm³/mol. The second-order valence-corrected chi connectivity index (χ2v) is 7.31. The Balaban J connectivity index is 2.67. The lowest BCUT2D eigenvalue weighted by molar-refractivity contribution is 0.0531. The molecular formula is C18H32N4O3S. The molecular weight excluding hydrogens is 352 g/mol. The number of nitrogens with one attached hydrogen (secondary N) is 2. The van der Waals surface area contributed by atoms with Gasteiger partial charge in [-0.3, -0.25) is 4.99 Å². The number of carbonyl (C=O) groups excluding carboxylic acids is 1.